The maximum absolute atomic E-state index is 13.5. The fourth-order valence-corrected chi connectivity index (χ4v) is 6.01. The lowest BCUT2D eigenvalue weighted by atomic mass is 9.99. The zero-order chi connectivity index (χ0) is 26.4. The first-order valence-electron chi connectivity index (χ1n) is 11.3. The SMILES string of the molecule is CNC(=O)c1c(-c2ccc(F)cc2)oc2cc3c(cc12)C(C)N(CCS(C)(=O)=O)CCN3S(C)(=O)=O. The third-order valence-electron chi connectivity index (χ3n) is 6.40. The Morgan fingerprint density at radius 1 is 1.11 bits per heavy atom. The van der Waals surface area contributed by atoms with Gasteiger partial charge in [0.05, 0.1) is 23.3 Å². The summed E-state index contributed by atoms with van der Waals surface area (Å²) in [6.45, 7) is 2.55. The van der Waals surface area contributed by atoms with Gasteiger partial charge in [0.1, 0.15) is 27.0 Å². The Bertz CT molecular complexity index is 1530. The van der Waals surface area contributed by atoms with Gasteiger partial charge in [-0.2, -0.15) is 0 Å². The molecule has 9 nitrogen and oxygen atoms in total. The second-order valence-corrected chi connectivity index (χ2v) is 13.1. The molecule has 2 aromatic carbocycles. The summed E-state index contributed by atoms with van der Waals surface area (Å²) in [5, 5.41) is 3.08. The van der Waals surface area contributed by atoms with E-state index in [1.165, 1.54) is 35.6 Å². The van der Waals surface area contributed by atoms with Crippen LogP contribution in [0.3, 0.4) is 0 Å². The largest absolute Gasteiger partial charge is 0.455 e. The van der Waals surface area contributed by atoms with Crippen LogP contribution in [0, 0.1) is 5.82 Å². The number of carbonyl (C=O) groups excluding carboxylic acids is 1. The molecule has 36 heavy (non-hydrogen) atoms. The molecule has 1 amide bonds. The van der Waals surface area contributed by atoms with E-state index in [1.807, 2.05) is 11.8 Å². The number of benzene rings is 2. The van der Waals surface area contributed by atoms with E-state index in [2.05, 4.69) is 5.32 Å². The van der Waals surface area contributed by atoms with Crippen LogP contribution in [-0.2, 0) is 19.9 Å². The van der Waals surface area contributed by atoms with Crippen LogP contribution in [0.1, 0.15) is 28.9 Å². The van der Waals surface area contributed by atoms with Gasteiger partial charge in [-0.15, -0.1) is 0 Å². The molecule has 1 aliphatic rings. The second kappa shape index (κ2) is 9.49. The number of sulfone groups is 1. The van der Waals surface area contributed by atoms with E-state index >= 15 is 0 Å². The van der Waals surface area contributed by atoms with Crippen LogP contribution in [0.5, 0.6) is 0 Å². The Hall–Kier alpha value is -2.96. The minimum Gasteiger partial charge on any atom is -0.455 e. The van der Waals surface area contributed by atoms with E-state index in [1.54, 1.807) is 12.1 Å². The maximum atomic E-state index is 13.5. The average molecular weight is 538 g/mol. The van der Waals surface area contributed by atoms with E-state index in [9.17, 15) is 26.0 Å². The number of fused-ring (bicyclic) bond motifs is 2. The summed E-state index contributed by atoms with van der Waals surface area (Å²) in [5.41, 5.74) is 2.06. The van der Waals surface area contributed by atoms with Crippen molar-refractivity contribution in [2.75, 3.05) is 49.3 Å². The number of nitrogens with zero attached hydrogens (tertiary/aromatic N) is 2. The fraction of sp³-hybridized carbons (Fsp3) is 0.375. The molecular formula is C24H28FN3O6S2. The number of halogens is 1. The number of rotatable bonds is 6. The van der Waals surface area contributed by atoms with Gasteiger partial charge in [-0.3, -0.25) is 14.0 Å². The Labute approximate surface area is 209 Å². The van der Waals surface area contributed by atoms with Gasteiger partial charge < -0.3 is 9.73 Å². The smallest absolute Gasteiger partial charge is 0.255 e. The van der Waals surface area contributed by atoms with Crippen LogP contribution in [0.15, 0.2) is 40.8 Å². The molecule has 0 radical (unpaired) electrons. The third kappa shape index (κ3) is 5.11. The maximum Gasteiger partial charge on any atom is 0.255 e. The van der Waals surface area contributed by atoms with E-state index in [-0.39, 0.29) is 36.2 Å². The number of amides is 1. The summed E-state index contributed by atoms with van der Waals surface area (Å²) in [4.78, 5) is 14.9. The normalized spacial score (nSPS) is 17.1. The van der Waals surface area contributed by atoms with E-state index in [0.717, 1.165) is 12.5 Å². The topological polar surface area (TPSA) is 117 Å². The molecule has 1 N–H and O–H groups in total. The molecule has 4 rings (SSSR count). The Morgan fingerprint density at radius 3 is 2.36 bits per heavy atom. The number of nitrogens with one attached hydrogen (secondary N) is 1. The highest BCUT2D eigenvalue weighted by Gasteiger charge is 2.33. The number of carbonyl (C=O) groups is 1. The van der Waals surface area contributed by atoms with Gasteiger partial charge in [-0.25, -0.2) is 21.2 Å². The van der Waals surface area contributed by atoms with Crippen LogP contribution in [0.2, 0.25) is 0 Å². The summed E-state index contributed by atoms with van der Waals surface area (Å²) in [7, 11) is -5.42. The van der Waals surface area contributed by atoms with Crippen LogP contribution in [0.25, 0.3) is 22.3 Å². The van der Waals surface area contributed by atoms with Crippen molar-refractivity contribution in [2.45, 2.75) is 13.0 Å². The first-order chi connectivity index (χ1) is 16.8. The molecule has 0 spiro atoms. The Kier molecular flexibility index (Phi) is 6.88. The first-order valence-corrected chi connectivity index (χ1v) is 15.2. The summed E-state index contributed by atoms with van der Waals surface area (Å²) >= 11 is 0. The van der Waals surface area contributed by atoms with Gasteiger partial charge in [0.25, 0.3) is 5.91 Å². The number of anilines is 1. The standard InChI is InChI=1S/C24H28FN3O6S2/c1-15-18-13-19-21(34-23(22(19)24(29)26-2)16-5-7-17(25)8-6-16)14-20(18)28(36(4,32)33)10-9-27(15)11-12-35(3,30)31/h5-8,13-15H,9-12H2,1-4H3,(H,26,29). The first kappa shape index (κ1) is 26.1. The molecular weight excluding hydrogens is 509 g/mol. The number of hydrogen-bond donors (Lipinski definition) is 1. The molecule has 1 unspecified atom stereocenters. The highest BCUT2D eigenvalue weighted by molar-refractivity contribution is 7.92. The molecule has 0 aliphatic carbocycles. The minimum atomic E-state index is -3.68. The van der Waals surface area contributed by atoms with Gasteiger partial charge >= 0.3 is 0 Å². The van der Waals surface area contributed by atoms with Crippen LogP contribution in [-0.4, -0.2) is 72.6 Å². The predicted octanol–water partition coefficient (Wildman–Crippen LogP) is 2.79. The average Bonchev–Trinajstić information content (AvgIpc) is 3.10. The molecule has 12 heteroatoms. The highest BCUT2D eigenvalue weighted by atomic mass is 32.2. The summed E-state index contributed by atoms with van der Waals surface area (Å²) < 4.78 is 70.0. The lowest BCUT2D eigenvalue weighted by molar-refractivity contribution is 0.0964. The van der Waals surface area contributed by atoms with Crippen LogP contribution >= 0.6 is 0 Å². The Morgan fingerprint density at radius 2 is 1.78 bits per heavy atom. The molecule has 1 atom stereocenters. The van der Waals surface area contributed by atoms with E-state index in [4.69, 9.17) is 4.42 Å². The second-order valence-electron chi connectivity index (χ2n) is 8.98. The number of hydrogen-bond acceptors (Lipinski definition) is 7. The van der Waals surface area contributed by atoms with E-state index in [0.29, 0.717) is 34.3 Å². The quantitative estimate of drug-likeness (QED) is 0.514. The lowest BCUT2D eigenvalue weighted by Gasteiger charge is -2.27. The van der Waals surface area contributed by atoms with Crippen LogP contribution < -0.4 is 9.62 Å². The van der Waals surface area contributed by atoms with Gasteiger partial charge in [-0.1, -0.05) is 0 Å². The van der Waals surface area contributed by atoms with Crippen molar-refractivity contribution in [1.29, 1.82) is 0 Å². The van der Waals surface area contributed by atoms with Gasteiger partial charge in [0.2, 0.25) is 10.0 Å². The van der Waals surface area contributed by atoms with Crippen molar-refractivity contribution in [3.05, 3.63) is 53.3 Å². The molecule has 0 bridgehead atoms. The van der Waals surface area contributed by atoms with Gasteiger partial charge in [0, 0.05) is 56.0 Å². The van der Waals surface area contributed by atoms with Gasteiger partial charge in [-0.05, 0) is 42.8 Å². The molecule has 0 fully saturated rings. The van der Waals surface area contributed by atoms with Crippen molar-refractivity contribution in [2.24, 2.45) is 0 Å². The minimum absolute atomic E-state index is 0.0717. The van der Waals surface area contributed by atoms with Crippen LogP contribution in [0.4, 0.5) is 10.1 Å². The molecule has 0 saturated carbocycles. The molecule has 1 aliphatic heterocycles. The molecule has 0 saturated heterocycles. The molecule has 1 aromatic heterocycles. The van der Waals surface area contributed by atoms with Crippen molar-refractivity contribution >= 4 is 42.4 Å². The molecule has 3 aromatic rings. The zero-order valence-corrected chi connectivity index (χ0v) is 22.0. The predicted molar refractivity (Wildman–Crippen MR) is 137 cm³/mol. The van der Waals surface area contributed by atoms with Gasteiger partial charge in [0.15, 0.2) is 0 Å². The summed E-state index contributed by atoms with van der Waals surface area (Å²) in [6, 6.07) is 8.51. The van der Waals surface area contributed by atoms with E-state index < -0.39 is 31.6 Å². The third-order valence-corrected chi connectivity index (χ3v) is 8.51. The number of furan rings is 1. The lowest BCUT2D eigenvalue weighted by Crippen LogP contribution is -2.37. The summed E-state index contributed by atoms with van der Waals surface area (Å²) in [5.74, 6) is -0.687. The molecule has 194 valence electrons. The van der Waals surface area contributed by atoms with Crippen molar-refractivity contribution in [3.8, 4) is 11.3 Å². The molecule has 2 heterocycles. The van der Waals surface area contributed by atoms with Crippen molar-refractivity contribution in [1.82, 2.24) is 10.2 Å². The van der Waals surface area contributed by atoms with Crippen molar-refractivity contribution in [3.63, 3.8) is 0 Å². The monoisotopic (exact) mass is 537 g/mol. The zero-order valence-electron chi connectivity index (χ0n) is 20.4. The summed E-state index contributed by atoms with van der Waals surface area (Å²) in [6.07, 6.45) is 2.27. The Balaban J connectivity index is 1.96. The highest BCUT2D eigenvalue weighted by Crippen LogP contribution is 2.42. The number of sulfonamides is 1. The fourth-order valence-electron chi connectivity index (χ4n) is 4.52. The van der Waals surface area contributed by atoms with Crippen molar-refractivity contribution < 1.29 is 30.4 Å².